The zero-order valence-electron chi connectivity index (χ0n) is 14.8. The van der Waals surface area contributed by atoms with E-state index in [1.807, 2.05) is 13.0 Å². The van der Waals surface area contributed by atoms with Crippen molar-refractivity contribution in [1.29, 1.82) is 0 Å². The molecule has 2 atom stereocenters. The molecule has 2 rings (SSSR count). The van der Waals surface area contributed by atoms with Crippen LogP contribution < -0.4 is 0 Å². The zero-order chi connectivity index (χ0) is 16.7. The first-order valence-electron chi connectivity index (χ1n) is 8.70. The van der Waals surface area contributed by atoms with Crippen molar-refractivity contribution < 1.29 is 9.84 Å². The molecule has 1 saturated heterocycles. The Bertz CT molecular complexity index is 486. The van der Waals surface area contributed by atoms with Crippen LogP contribution in [0.2, 0.25) is 0 Å². The maximum atomic E-state index is 11.2. The van der Waals surface area contributed by atoms with Crippen LogP contribution >= 0.6 is 0 Å². The van der Waals surface area contributed by atoms with Crippen molar-refractivity contribution in [3.05, 3.63) is 47.5 Å². The van der Waals surface area contributed by atoms with Crippen LogP contribution in [0.1, 0.15) is 39.2 Å². The van der Waals surface area contributed by atoms with E-state index in [9.17, 15) is 5.11 Å². The predicted octanol–water partition coefficient (Wildman–Crippen LogP) is 3.43. The molecule has 1 aliphatic rings. The van der Waals surface area contributed by atoms with Crippen LogP contribution in [0.4, 0.5) is 0 Å². The van der Waals surface area contributed by atoms with E-state index in [-0.39, 0.29) is 6.04 Å². The van der Waals surface area contributed by atoms with Crippen LogP contribution in [-0.2, 0) is 11.2 Å². The summed E-state index contributed by atoms with van der Waals surface area (Å²) in [5.74, 6) is 0. The van der Waals surface area contributed by atoms with E-state index in [1.165, 1.54) is 11.1 Å². The predicted molar refractivity (Wildman–Crippen MR) is 95.6 cm³/mol. The molecule has 2 unspecified atom stereocenters. The van der Waals surface area contributed by atoms with E-state index in [4.69, 9.17) is 4.74 Å². The standard InChI is InChI=1S/C20H31NO2/c1-17(2)8-7-11-20(3,22)19(21-12-14-23-15-13-21)16-18-9-5-4-6-10-18/h4-6,8-10,19,22H,7,11-16H2,1-3H3. The molecule has 128 valence electrons. The number of allylic oxidation sites excluding steroid dienone is 2. The maximum absolute atomic E-state index is 11.2. The number of hydrogen-bond donors (Lipinski definition) is 1. The van der Waals surface area contributed by atoms with Crippen molar-refractivity contribution in [3.8, 4) is 0 Å². The lowest BCUT2D eigenvalue weighted by Gasteiger charge is -2.43. The largest absolute Gasteiger partial charge is 0.389 e. The van der Waals surface area contributed by atoms with Crippen LogP contribution in [-0.4, -0.2) is 48.0 Å². The molecule has 0 aromatic heterocycles. The molecule has 0 radical (unpaired) electrons. The summed E-state index contributed by atoms with van der Waals surface area (Å²) >= 11 is 0. The average molecular weight is 317 g/mol. The number of rotatable bonds is 7. The number of nitrogens with zero attached hydrogens (tertiary/aromatic N) is 1. The fraction of sp³-hybridized carbons (Fsp3) is 0.600. The number of ether oxygens (including phenoxy) is 1. The first kappa shape index (κ1) is 18.2. The van der Waals surface area contributed by atoms with Gasteiger partial charge >= 0.3 is 0 Å². The Hall–Kier alpha value is -1.16. The summed E-state index contributed by atoms with van der Waals surface area (Å²) in [5, 5.41) is 11.2. The van der Waals surface area contributed by atoms with E-state index < -0.39 is 5.60 Å². The number of aliphatic hydroxyl groups is 1. The fourth-order valence-electron chi connectivity index (χ4n) is 3.29. The Labute approximate surface area is 141 Å². The second-order valence-corrected chi connectivity index (χ2v) is 7.03. The molecule has 0 aliphatic carbocycles. The van der Waals surface area contributed by atoms with Gasteiger partial charge in [-0.15, -0.1) is 0 Å². The van der Waals surface area contributed by atoms with Gasteiger partial charge in [-0.3, -0.25) is 4.90 Å². The Kier molecular flexibility index (Phi) is 6.82. The summed E-state index contributed by atoms with van der Waals surface area (Å²) in [5.41, 5.74) is 1.89. The molecule has 0 bridgehead atoms. The first-order chi connectivity index (χ1) is 11.0. The van der Waals surface area contributed by atoms with Gasteiger partial charge in [0, 0.05) is 19.1 Å². The van der Waals surface area contributed by atoms with E-state index in [1.54, 1.807) is 0 Å². The third-order valence-electron chi connectivity index (χ3n) is 4.68. The summed E-state index contributed by atoms with van der Waals surface area (Å²) in [4.78, 5) is 2.40. The monoisotopic (exact) mass is 317 g/mol. The highest BCUT2D eigenvalue weighted by Gasteiger charge is 2.36. The van der Waals surface area contributed by atoms with Crippen molar-refractivity contribution >= 4 is 0 Å². The molecule has 1 aliphatic heterocycles. The molecule has 1 fully saturated rings. The van der Waals surface area contributed by atoms with E-state index >= 15 is 0 Å². The molecule has 23 heavy (non-hydrogen) atoms. The Morgan fingerprint density at radius 1 is 1.26 bits per heavy atom. The van der Waals surface area contributed by atoms with Crippen LogP contribution in [0.15, 0.2) is 42.0 Å². The van der Waals surface area contributed by atoms with Crippen LogP contribution in [0.3, 0.4) is 0 Å². The van der Waals surface area contributed by atoms with Gasteiger partial charge in [-0.1, -0.05) is 42.0 Å². The Balaban J connectivity index is 2.12. The normalized spacial score (nSPS) is 19.8. The Morgan fingerprint density at radius 3 is 2.52 bits per heavy atom. The first-order valence-corrected chi connectivity index (χ1v) is 8.70. The van der Waals surface area contributed by atoms with Crippen molar-refractivity contribution in [3.63, 3.8) is 0 Å². The highest BCUT2D eigenvalue weighted by Crippen LogP contribution is 2.26. The molecule has 0 spiro atoms. The van der Waals surface area contributed by atoms with E-state index in [0.29, 0.717) is 0 Å². The van der Waals surface area contributed by atoms with Gasteiger partial charge in [-0.2, -0.15) is 0 Å². The van der Waals surface area contributed by atoms with Crippen molar-refractivity contribution in [2.24, 2.45) is 0 Å². The third kappa shape index (κ3) is 5.76. The topological polar surface area (TPSA) is 32.7 Å². The van der Waals surface area contributed by atoms with Crippen molar-refractivity contribution in [2.45, 2.75) is 51.7 Å². The summed E-state index contributed by atoms with van der Waals surface area (Å²) in [7, 11) is 0. The summed E-state index contributed by atoms with van der Waals surface area (Å²) in [6.45, 7) is 9.53. The second-order valence-electron chi connectivity index (χ2n) is 7.03. The van der Waals surface area contributed by atoms with Crippen molar-refractivity contribution in [1.82, 2.24) is 4.90 Å². The molecular weight excluding hydrogens is 286 g/mol. The quantitative estimate of drug-likeness (QED) is 0.782. The fourth-order valence-corrected chi connectivity index (χ4v) is 3.29. The molecule has 1 aromatic rings. The molecule has 0 amide bonds. The van der Waals surface area contributed by atoms with Gasteiger partial charge in [0.05, 0.1) is 18.8 Å². The second kappa shape index (κ2) is 8.62. The van der Waals surface area contributed by atoms with Gasteiger partial charge < -0.3 is 9.84 Å². The lowest BCUT2D eigenvalue weighted by Crippen LogP contribution is -2.55. The lowest BCUT2D eigenvalue weighted by atomic mass is 9.85. The van der Waals surface area contributed by atoms with Gasteiger partial charge in [-0.25, -0.2) is 0 Å². The van der Waals surface area contributed by atoms with Crippen LogP contribution in [0, 0.1) is 0 Å². The molecule has 0 saturated carbocycles. The smallest absolute Gasteiger partial charge is 0.0780 e. The van der Waals surface area contributed by atoms with Crippen molar-refractivity contribution in [2.75, 3.05) is 26.3 Å². The Morgan fingerprint density at radius 2 is 1.91 bits per heavy atom. The van der Waals surface area contributed by atoms with Gasteiger partial charge in [-0.05, 0) is 45.6 Å². The molecule has 1 N–H and O–H groups in total. The molecule has 1 aromatic carbocycles. The highest BCUT2D eigenvalue weighted by atomic mass is 16.5. The molecule has 3 nitrogen and oxygen atoms in total. The number of morpholine rings is 1. The number of benzene rings is 1. The highest BCUT2D eigenvalue weighted by molar-refractivity contribution is 5.17. The molecule has 3 heteroatoms. The van der Waals surface area contributed by atoms with E-state index in [2.05, 4.69) is 49.1 Å². The van der Waals surface area contributed by atoms with Crippen LogP contribution in [0.25, 0.3) is 0 Å². The average Bonchev–Trinajstić information content (AvgIpc) is 2.54. The zero-order valence-corrected chi connectivity index (χ0v) is 14.8. The summed E-state index contributed by atoms with van der Waals surface area (Å²) in [6, 6.07) is 10.6. The van der Waals surface area contributed by atoms with Gasteiger partial charge in [0.25, 0.3) is 0 Å². The van der Waals surface area contributed by atoms with Gasteiger partial charge in [0.1, 0.15) is 0 Å². The number of hydrogen-bond acceptors (Lipinski definition) is 3. The minimum Gasteiger partial charge on any atom is -0.389 e. The molecular formula is C20H31NO2. The van der Waals surface area contributed by atoms with E-state index in [0.717, 1.165) is 45.6 Å². The third-order valence-corrected chi connectivity index (χ3v) is 4.68. The minimum atomic E-state index is -0.709. The minimum absolute atomic E-state index is 0.124. The molecule has 1 heterocycles. The van der Waals surface area contributed by atoms with Gasteiger partial charge in [0.15, 0.2) is 0 Å². The maximum Gasteiger partial charge on any atom is 0.0780 e. The van der Waals surface area contributed by atoms with Gasteiger partial charge in [0.2, 0.25) is 0 Å². The SMILES string of the molecule is CC(C)=CCCC(C)(O)C(Cc1ccccc1)N1CCOCC1. The summed E-state index contributed by atoms with van der Waals surface area (Å²) < 4.78 is 5.49. The van der Waals surface area contributed by atoms with Crippen LogP contribution in [0.5, 0.6) is 0 Å². The summed E-state index contributed by atoms with van der Waals surface area (Å²) in [6.07, 6.45) is 4.80. The lowest BCUT2D eigenvalue weighted by molar-refractivity contribution is -0.0709.